The van der Waals surface area contributed by atoms with Gasteiger partial charge in [0.25, 0.3) is 0 Å². The Bertz CT molecular complexity index is 882. The number of alkyl halides is 3. The quantitative estimate of drug-likeness (QED) is 0.683. The average Bonchev–Trinajstić information content (AvgIpc) is 2.62. The van der Waals surface area contributed by atoms with E-state index in [4.69, 9.17) is 16.7 Å². The summed E-state index contributed by atoms with van der Waals surface area (Å²) in [5.74, 6) is -1.07. The van der Waals surface area contributed by atoms with Gasteiger partial charge in [-0.1, -0.05) is 35.9 Å². The Labute approximate surface area is 172 Å². The first-order valence-corrected chi connectivity index (χ1v) is 9.70. The van der Waals surface area contributed by atoms with Crippen LogP contribution in [-0.4, -0.2) is 35.6 Å². The second kappa shape index (κ2) is 8.63. The SMILES string of the molecule is CCN(Cc1cccc(CN2CC(C(=O)O)C2)c1)c1ccc(Cl)c(C(F)(F)F)c1. The zero-order valence-corrected chi connectivity index (χ0v) is 16.7. The van der Waals surface area contributed by atoms with Gasteiger partial charge in [-0.05, 0) is 36.2 Å². The van der Waals surface area contributed by atoms with Gasteiger partial charge >= 0.3 is 12.1 Å². The van der Waals surface area contributed by atoms with Gasteiger partial charge < -0.3 is 10.0 Å². The first-order valence-electron chi connectivity index (χ1n) is 9.32. The Hall–Kier alpha value is -2.25. The van der Waals surface area contributed by atoms with Gasteiger partial charge in [-0.3, -0.25) is 9.69 Å². The third-order valence-electron chi connectivity index (χ3n) is 5.08. The maximum Gasteiger partial charge on any atom is 0.417 e. The molecule has 2 aromatic carbocycles. The number of aliphatic carboxylic acids is 1. The van der Waals surface area contributed by atoms with E-state index in [0.29, 0.717) is 38.4 Å². The van der Waals surface area contributed by atoms with Crippen LogP contribution >= 0.6 is 11.6 Å². The molecule has 0 amide bonds. The summed E-state index contributed by atoms with van der Waals surface area (Å²) in [6.07, 6.45) is -4.50. The smallest absolute Gasteiger partial charge is 0.417 e. The number of halogens is 4. The summed E-state index contributed by atoms with van der Waals surface area (Å²) in [6.45, 7) is 4.61. The first-order chi connectivity index (χ1) is 13.7. The minimum atomic E-state index is -4.50. The summed E-state index contributed by atoms with van der Waals surface area (Å²) < 4.78 is 39.5. The van der Waals surface area contributed by atoms with Gasteiger partial charge in [0.1, 0.15) is 0 Å². The highest BCUT2D eigenvalue weighted by Gasteiger charge is 2.34. The highest BCUT2D eigenvalue weighted by molar-refractivity contribution is 6.31. The van der Waals surface area contributed by atoms with Crippen molar-refractivity contribution in [3.8, 4) is 0 Å². The van der Waals surface area contributed by atoms with Gasteiger partial charge in [0, 0.05) is 38.4 Å². The van der Waals surface area contributed by atoms with Crippen molar-refractivity contribution in [3.63, 3.8) is 0 Å². The molecule has 3 rings (SSSR count). The molecule has 1 fully saturated rings. The maximum absolute atomic E-state index is 13.2. The average molecular weight is 427 g/mol. The normalized spacial score (nSPS) is 15.2. The summed E-state index contributed by atoms with van der Waals surface area (Å²) in [6, 6.07) is 11.8. The lowest BCUT2D eigenvalue weighted by Crippen LogP contribution is -2.49. The molecule has 2 aromatic rings. The highest BCUT2D eigenvalue weighted by atomic mass is 35.5. The summed E-state index contributed by atoms with van der Waals surface area (Å²) >= 11 is 5.73. The van der Waals surface area contributed by atoms with E-state index in [1.165, 1.54) is 6.07 Å². The van der Waals surface area contributed by atoms with Crippen molar-refractivity contribution in [1.29, 1.82) is 0 Å². The summed E-state index contributed by atoms with van der Waals surface area (Å²) in [5, 5.41) is 8.66. The molecule has 0 aromatic heterocycles. The second-order valence-electron chi connectivity index (χ2n) is 7.23. The molecule has 0 spiro atoms. The Morgan fingerprint density at radius 1 is 1.21 bits per heavy atom. The molecular formula is C21H22ClF3N2O2. The highest BCUT2D eigenvalue weighted by Crippen LogP contribution is 2.37. The molecule has 0 atom stereocenters. The Balaban J connectivity index is 1.71. The monoisotopic (exact) mass is 426 g/mol. The van der Waals surface area contributed by atoms with Crippen LogP contribution in [-0.2, 0) is 24.1 Å². The number of carboxylic acids is 1. The molecule has 4 nitrogen and oxygen atoms in total. The topological polar surface area (TPSA) is 43.8 Å². The predicted octanol–water partition coefficient (Wildman–Crippen LogP) is 4.90. The van der Waals surface area contributed by atoms with Crippen LogP contribution < -0.4 is 4.90 Å². The summed E-state index contributed by atoms with van der Waals surface area (Å²) in [4.78, 5) is 14.8. The lowest BCUT2D eigenvalue weighted by atomic mass is 9.99. The number of hydrogen-bond acceptors (Lipinski definition) is 3. The minimum absolute atomic E-state index is 0.304. The van der Waals surface area contributed by atoms with Crippen LogP contribution in [0.4, 0.5) is 18.9 Å². The van der Waals surface area contributed by atoms with Crippen molar-refractivity contribution < 1.29 is 23.1 Å². The van der Waals surface area contributed by atoms with Crippen LogP contribution in [0.2, 0.25) is 5.02 Å². The number of carbonyl (C=O) groups is 1. The zero-order valence-electron chi connectivity index (χ0n) is 15.9. The van der Waals surface area contributed by atoms with Crippen LogP contribution in [0.5, 0.6) is 0 Å². The third-order valence-corrected chi connectivity index (χ3v) is 5.41. The lowest BCUT2D eigenvalue weighted by molar-refractivity contribution is -0.147. The maximum atomic E-state index is 13.2. The molecule has 29 heavy (non-hydrogen) atoms. The van der Waals surface area contributed by atoms with Crippen molar-refractivity contribution in [3.05, 3.63) is 64.2 Å². The largest absolute Gasteiger partial charge is 0.481 e. The van der Waals surface area contributed by atoms with Crippen LogP contribution in [0, 0.1) is 5.92 Å². The fourth-order valence-corrected chi connectivity index (χ4v) is 3.70. The molecule has 1 aliphatic heterocycles. The molecule has 0 saturated carbocycles. The Morgan fingerprint density at radius 3 is 2.52 bits per heavy atom. The number of carboxylic acid groups (broad SMARTS) is 1. The fourth-order valence-electron chi connectivity index (χ4n) is 3.47. The molecule has 156 valence electrons. The van der Waals surface area contributed by atoms with Crippen molar-refractivity contribution in [2.45, 2.75) is 26.2 Å². The second-order valence-corrected chi connectivity index (χ2v) is 7.63. The van der Waals surface area contributed by atoms with E-state index in [1.54, 1.807) is 6.07 Å². The van der Waals surface area contributed by atoms with Crippen molar-refractivity contribution in [1.82, 2.24) is 4.90 Å². The fraction of sp³-hybridized carbons (Fsp3) is 0.381. The van der Waals surface area contributed by atoms with Crippen molar-refractivity contribution in [2.75, 3.05) is 24.5 Å². The van der Waals surface area contributed by atoms with Gasteiger partial charge in [0.2, 0.25) is 0 Å². The van der Waals surface area contributed by atoms with Gasteiger partial charge in [0.15, 0.2) is 0 Å². The zero-order chi connectivity index (χ0) is 21.2. The van der Waals surface area contributed by atoms with E-state index in [0.717, 1.165) is 17.2 Å². The van der Waals surface area contributed by atoms with E-state index >= 15 is 0 Å². The van der Waals surface area contributed by atoms with Gasteiger partial charge in [-0.15, -0.1) is 0 Å². The van der Waals surface area contributed by atoms with Crippen molar-refractivity contribution >= 4 is 23.3 Å². The molecule has 0 aliphatic carbocycles. The molecule has 1 aliphatic rings. The molecule has 0 unspecified atom stereocenters. The minimum Gasteiger partial charge on any atom is -0.481 e. The Kier molecular flexibility index (Phi) is 6.39. The van der Waals surface area contributed by atoms with E-state index < -0.39 is 17.7 Å². The molecule has 1 saturated heterocycles. The predicted molar refractivity (Wildman–Crippen MR) is 106 cm³/mol. The molecular weight excluding hydrogens is 405 g/mol. The van der Waals surface area contributed by atoms with E-state index in [1.807, 2.05) is 36.1 Å². The third kappa shape index (κ3) is 5.22. The number of rotatable bonds is 7. The lowest BCUT2D eigenvalue weighted by Gasteiger charge is -2.36. The molecule has 0 bridgehead atoms. The molecule has 8 heteroatoms. The van der Waals surface area contributed by atoms with E-state index in [2.05, 4.69) is 4.90 Å². The first kappa shape index (κ1) is 21.5. The number of anilines is 1. The van der Waals surface area contributed by atoms with Crippen molar-refractivity contribution in [2.24, 2.45) is 5.92 Å². The Morgan fingerprint density at radius 2 is 1.90 bits per heavy atom. The molecule has 0 radical (unpaired) electrons. The number of likely N-dealkylation sites (tertiary alicyclic amines) is 1. The summed E-state index contributed by atoms with van der Waals surface area (Å²) in [5.41, 5.74) is 1.65. The van der Waals surface area contributed by atoms with Gasteiger partial charge in [0.05, 0.1) is 16.5 Å². The molecule has 1 N–H and O–H groups in total. The standard InChI is InChI=1S/C21H22ClF3N2O2/c1-2-27(17-6-7-19(22)18(9-17)21(23,24)25)11-15-5-3-4-14(8-15)10-26-12-16(13-26)20(28)29/h3-9,16H,2,10-13H2,1H3,(H,28,29). The summed E-state index contributed by atoms with van der Waals surface area (Å²) in [7, 11) is 0. The van der Waals surface area contributed by atoms with Crippen LogP contribution in [0.1, 0.15) is 23.6 Å². The molecule has 1 heterocycles. The van der Waals surface area contributed by atoms with Crippen LogP contribution in [0.3, 0.4) is 0 Å². The van der Waals surface area contributed by atoms with E-state index in [9.17, 15) is 18.0 Å². The van der Waals surface area contributed by atoms with E-state index in [-0.39, 0.29) is 10.9 Å². The van der Waals surface area contributed by atoms with Gasteiger partial charge in [-0.2, -0.15) is 13.2 Å². The number of benzene rings is 2. The van der Waals surface area contributed by atoms with Gasteiger partial charge in [-0.25, -0.2) is 0 Å². The van der Waals surface area contributed by atoms with Crippen LogP contribution in [0.25, 0.3) is 0 Å². The van der Waals surface area contributed by atoms with Crippen LogP contribution in [0.15, 0.2) is 42.5 Å². The number of nitrogens with zero attached hydrogens (tertiary/aromatic N) is 2. The number of hydrogen-bond donors (Lipinski definition) is 1.